The Balaban J connectivity index is 2.45. The van der Waals surface area contributed by atoms with Gasteiger partial charge in [0.15, 0.2) is 0 Å². The summed E-state index contributed by atoms with van der Waals surface area (Å²) in [5, 5.41) is 0.719. The van der Waals surface area contributed by atoms with Gasteiger partial charge < -0.3 is 10.6 Å². The Morgan fingerprint density at radius 3 is 2.62 bits per heavy atom. The summed E-state index contributed by atoms with van der Waals surface area (Å²) in [4.78, 5) is 2.31. The summed E-state index contributed by atoms with van der Waals surface area (Å²) in [6.07, 6.45) is 3.81. The van der Waals surface area contributed by atoms with Crippen LogP contribution in [-0.2, 0) is 6.54 Å². The van der Waals surface area contributed by atoms with Crippen LogP contribution in [0.4, 0.5) is 5.69 Å². The summed E-state index contributed by atoms with van der Waals surface area (Å²) >= 11 is 5.96. The van der Waals surface area contributed by atoms with Crippen LogP contribution in [0.2, 0.25) is 5.02 Å². The fraction of sp³-hybridized carbons (Fsp3) is 0.538. The highest BCUT2D eigenvalue weighted by atomic mass is 35.5. The second kappa shape index (κ2) is 6.77. The molecule has 0 atom stereocenters. The number of benzene rings is 1. The Kier molecular flexibility index (Phi) is 5.64. The summed E-state index contributed by atoms with van der Waals surface area (Å²) in [6, 6.07) is 5.75. The minimum absolute atomic E-state index is 0.719. The van der Waals surface area contributed by atoms with Crippen molar-refractivity contribution in [2.75, 3.05) is 19.3 Å². The average molecular weight is 241 g/mol. The van der Waals surface area contributed by atoms with Gasteiger partial charge in [0.1, 0.15) is 0 Å². The van der Waals surface area contributed by atoms with Crippen LogP contribution in [0, 0.1) is 0 Å². The topological polar surface area (TPSA) is 29.3 Å². The lowest BCUT2D eigenvalue weighted by Gasteiger charge is -2.16. The number of rotatable bonds is 6. The Morgan fingerprint density at radius 2 is 2.00 bits per heavy atom. The lowest BCUT2D eigenvalue weighted by atomic mass is 10.2. The summed E-state index contributed by atoms with van der Waals surface area (Å²) < 4.78 is 0. The number of nitrogen functional groups attached to an aromatic ring is 1. The van der Waals surface area contributed by atoms with E-state index in [1.807, 2.05) is 12.1 Å². The third kappa shape index (κ3) is 4.86. The van der Waals surface area contributed by atoms with Gasteiger partial charge in [-0.2, -0.15) is 0 Å². The van der Waals surface area contributed by atoms with Crippen molar-refractivity contribution in [2.24, 2.45) is 0 Å². The zero-order valence-electron chi connectivity index (χ0n) is 10.2. The lowest BCUT2D eigenvalue weighted by Crippen LogP contribution is -2.19. The molecule has 0 aliphatic heterocycles. The quantitative estimate of drug-likeness (QED) is 0.609. The van der Waals surface area contributed by atoms with E-state index in [-0.39, 0.29) is 0 Å². The number of halogens is 1. The standard InChI is InChI=1S/C13H21ClN2/c1-3-4-5-6-16(2)10-11-7-12(14)9-13(15)8-11/h7-9H,3-6,10,15H2,1-2H3. The maximum Gasteiger partial charge on any atom is 0.0429 e. The van der Waals surface area contributed by atoms with Crippen LogP contribution in [0.5, 0.6) is 0 Å². The summed E-state index contributed by atoms with van der Waals surface area (Å²) in [7, 11) is 2.13. The first-order chi connectivity index (χ1) is 7.61. The highest BCUT2D eigenvalue weighted by molar-refractivity contribution is 6.30. The Morgan fingerprint density at radius 1 is 1.25 bits per heavy atom. The molecular formula is C13H21ClN2. The Hall–Kier alpha value is -0.730. The molecule has 0 fully saturated rings. The smallest absolute Gasteiger partial charge is 0.0429 e. The van der Waals surface area contributed by atoms with Gasteiger partial charge in [0.25, 0.3) is 0 Å². The molecule has 0 aromatic heterocycles. The van der Waals surface area contributed by atoms with Gasteiger partial charge in [-0.05, 0) is 43.8 Å². The van der Waals surface area contributed by atoms with E-state index in [2.05, 4.69) is 18.9 Å². The zero-order chi connectivity index (χ0) is 12.0. The first-order valence-corrected chi connectivity index (χ1v) is 6.23. The number of hydrogen-bond donors (Lipinski definition) is 1. The highest BCUT2D eigenvalue weighted by Crippen LogP contribution is 2.17. The molecule has 1 aromatic carbocycles. The van der Waals surface area contributed by atoms with E-state index in [4.69, 9.17) is 17.3 Å². The fourth-order valence-corrected chi connectivity index (χ4v) is 2.06. The summed E-state index contributed by atoms with van der Waals surface area (Å²) in [5.41, 5.74) is 7.68. The SMILES string of the molecule is CCCCCN(C)Cc1cc(N)cc(Cl)c1. The van der Waals surface area contributed by atoms with Gasteiger partial charge in [0, 0.05) is 17.3 Å². The first kappa shape index (κ1) is 13.3. The maximum absolute atomic E-state index is 5.96. The third-order valence-electron chi connectivity index (χ3n) is 2.58. The van der Waals surface area contributed by atoms with Crippen LogP contribution in [0.15, 0.2) is 18.2 Å². The van der Waals surface area contributed by atoms with Crippen molar-refractivity contribution in [1.29, 1.82) is 0 Å². The molecule has 90 valence electrons. The van der Waals surface area contributed by atoms with Gasteiger partial charge in [-0.1, -0.05) is 31.4 Å². The summed E-state index contributed by atoms with van der Waals surface area (Å²) in [6.45, 7) is 4.26. The number of anilines is 1. The van der Waals surface area contributed by atoms with Crippen molar-refractivity contribution in [2.45, 2.75) is 32.7 Å². The van der Waals surface area contributed by atoms with E-state index < -0.39 is 0 Å². The van der Waals surface area contributed by atoms with Crippen molar-refractivity contribution >= 4 is 17.3 Å². The minimum Gasteiger partial charge on any atom is -0.399 e. The molecule has 0 bridgehead atoms. The number of nitrogens with two attached hydrogens (primary N) is 1. The van der Waals surface area contributed by atoms with Crippen molar-refractivity contribution < 1.29 is 0 Å². The molecule has 0 saturated heterocycles. The molecule has 1 rings (SSSR count). The van der Waals surface area contributed by atoms with Crippen LogP contribution in [0.3, 0.4) is 0 Å². The van der Waals surface area contributed by atoms with Crippen LogP contribution in [0.1, 0.15) is 31.7 Å². The van der Waals surface area contributed by atoms with E-state index in [9.17, 15) is 0 Å². The third-order valence-corrected chi connectivity index (χ3v) is 2.79. The average Bonchev–Trinajstić information content (AvgIpc) is 2.16. The molecule has 0 unspecified atom stereocenters. The van der Waals surface area contributed by atoms with Gasteiger partial charge in [-0.15, -0.1) is 0 Å². The largest absolute Gasteiger partial charge is 0.399 e. The highest BCUT2D eigenvalue weighted by Gasteiger charge is 2.02. The van der Waals surface area contributed by atoms with E-state index in [0.717, 1.165) is 23.8 Å². The molecule has 16 heavy (non-hydrogen) atoms. The molecule has 2 nitrogen and oxygen atoms in total. The van der Waals surface area contributed by atoms with E-state index in [1.54, 1.807) is 6.07 Å². The summed E-state index contributed by atoms with van der Waals surface area (Å²) in [5.74, 6) is 0. The molecule has 0 saturated carbocycles. The van der Waals surface area contributed by atoms with Gasteiger partial charge >= 0.3 is 0 Å². The van der Waals surface area contributed by atoms with E-state index >= 15 is 0 Å². The predicted octanol–water partition coefficient (Wildman–Crippen LogP) is 3.54. The monoisotopic (exact) mass is 240 g/mol. The number of hydrogen-bond acceptors (Lipinski definition) is 2. The van der Waals surface area contributed by atoms with Crippen LogP contribution in [-0.4, -0.2) is 18.5 Å². The van der Waals surface area contributed by atoms with Gasteiger partial charge in [0.05, 0.1) is 0 Å². The maximum atomic E-state index is 5.96. The van der Waals surface area contributed by atoms with Crippen molar-refractivity contribution in [3.8, 4) is 0 Å². The Labute approximate surface area is 103 Å². The normalized spacial score (nSPS) is 11.0. The van der Waals surface area contributed by atoms with Crippen molar-refractivity contribution in [3.05, 3.63) is 28.8 Å². The van der Waals surface area contributed by atoms with Gasteiger partial charge in [0.2, 0.25) is 0 Å². The molecular weight excluding hydrogens is 220 g/mol. The Bertz CT molecular complexity index is 305. The van der Waals surface area contributed by atoms with Crippen molar-refractivity contribution in [1.82, 2.24) is 4.90 Å². The van der Waals surface area contributed by atoms with Gasteiger partial charge in [-0.3, -0.25) is 0 Å². The first-order valence-electron chi connectivity index (χ1n) is 5.85. The molecule has 0 heterocycles. The van der Waals surface area contributed by atoms with Crippen LogP contribution >= 0.6 is 11.6 Å². The molecule has 2 N–H and O–H groups in total. The van der Waals surface area contributed by atoms with Crippen LogP contribution < -0.4 is 5.73 Å². The van der Waals surface area contributed by atoms with E-state index in [1.165, 1.54) is 24.8 Å². The number of unbranched alkanes of at least 4 members (excludes halogenated alkanes) is 2. The minimum atomic E-state index is 0.719. The fourth-order valence-electron chi connectivity index (χ4n) is 1.79. The molecule has 0 aliphatic carbocycles. The molecule has 1 aromatic rings. The molecule has 0 radical (unpaired) electrons. The molecule has 0 amide bonds. The van der Waals surface area contributed by atoms with Crippen LogP contribution in [0.25, 0.3) is 0 Å². The molecule has 3 heteroatoms. The molecule has 0 aliphatic rings. The second-order valence-corrected chi connectivity index (χ2v) is 4.77. The lowest BCUT2D eigenvalue weighted by molar-refractivity contribution is 0.318. The second-order valence-electron chi connectivity index (χ2n) is 4.34. The zero-order valence-corrected chi connectivity index (χ0v) is 10.9. The predicted molar refractivity (Wildman–Crippen MR) is 71.7 cm³/mol. The van der Waals surface area contributed by atoms with E-state index in [0.29, 0.717) is 0 Å². The number of nitrogens with zero attached hydrogens (tertiary/aromatic N) is 1. The van der Waals surface area contributed by atoms with Gasteiger partial charge in [-0.25, -0.2) is 0 Å². The van der Waals surface area contributed by atoms with Crippen molar-refractivity contribution in [3.63, 3.8) is 0 Å². The molecule has 0 spiro atoms.